The molecule has 0 aromatic carbocycles. The van der Waals surface area contributed by atoms with Gasteiger partial charge in [-0.1, -0.05) is 31.9 Å². The van der Waals surface area contributed by atoms with Crippen molar-refractivity contribution < 1.29 is 19.1 Å². The summed E-state index contributed by atoms with van der Waals surface area (Å²) >= 11 is 6.21. The minimum atomic E-state index is -0.749. The molecular weight excluding hydrogens is 344 g/mol. The molecule has 0 aromatic rings. The van der Waals surface area contributed by atoms with Crippen LogP contribution in [0.25, 0.3) is 0 Å². The first kappa shape index (κ1) is 15.9. The van der Waals surface area contributed by atoms with Crippen LogP contribution in [-0.2, 0) is 19.1 Å². The molecular formula is C10H16Br2O4. The lowest BCUT2D eigenvalue weighted by Gasteiger charge is -2.17. The quantitative estimate of drug-likeness (QED) is 0.558. The Labute approximate surface area is 112 Å². The summed E-state index contributed by atoms with van der Waals surface area (Å²) in [6, 6.07) is 0. The molecule has 2 atom stereocenters. The van der Waals surface area contributed by atoms with Crippen molar-refractivity contribution in [3.05, 3.63) is 0 Å². The summed E-state index contributed by atoms with van der Waals surface area (Å²) < 4.78 is 9.93. The van der Waals surface area contributed by atoms with Crippen LogP contribution in [0.4, 0.5) is 0 Å². The highest BCUT2D eigenvalue weighted by atomic mass is 79.9. The number of carbonyl (C=O) groups is 2. The third-order valence-corrected chi connectivity index (χ3v) is 3.93. The number of esters is 2. The maximum absolute atomic E-state index is 11.5. The number of halogens is 2. The maximum atomic E-state index is 11.5. The fourth-order valence-corrected chi connectivity index (χ4v) is 1.48. The van der Waals surface area contributed by atoms with Crippen LogP contribution in [0.15, 0.2) is 0 Å². The van der Waals surface area contributed by atoms with Crippen LogP contribution >= 0.6 is 31.9 Å². The molecule has 94 valence electrons. The molecule has 0 aromatic heterocycles. The zero-order chi connectivity index (χ0) is 12.9. The highest BCUT2D eigenvalue weighted by Crippen LogP contribution is 2.18. The van der Waals surface area contributed by atoms with Gasteiger partial charge in [0.1, 0.15) is 9.65 Å². The molecule has 0 heterocycles. The van der Waals surface area contributed by atoms with Gasteiger partial charge in [0.05, 0.1) is 12.2 Å². The standard InChI is InChI=1S/C10H16Br2O4/c1-5(2)15-9(13)7(11)8(12)10(14)16-6(3)4/h5-8H,1-4H3. The summed E-state index contributed by atoms with van der Waals surface area (Å²) in [6.07, 6.45) is -0.429. The molecule has 0 radical (unpaired) electrons. The third kappa shape index (κ3) is 5.84. The predicted molar refractivity (Wildman–Crippen MR) is 67.9 cm³/mol. The van der Waals surface area contributed by atoms with Gasteiger partial charge in [-0.25, -0.2) is 0 Å². The molecule has 0 aliphatic rings. The van der Waals surface area contributed by atoms with E-state index in [0.717, 1.165) is 0 Å². The Morgan fingerprint density at radius 2 is 1.06 bits per heavy atom. The fourth-order valence-electron chi connectivity index (χ4n) is 0.834. The van der Waals surface area contributed by atoms with E-state index in [1.54, 1.807) is 27.7 Å². The normalized spacial score (nSPS) is 14.8. The van der Waals surface area contributed by atoms with E-state index in [1.807, 2.05) is 0 Å². The number of carbonyl (C=O) groups excluding carboxylic acids is 2. The minimum Gasteiger partial charge on any atom is -0.462 e. The molecule has 0 fully saturated rings. The van der Waals surface area contributed by atoms with Crippen LogP contribution in [0.5, 0.6) is 0 Å². The summed E-state index contributed by atoms with van der Waals surface area (Å²) in [5.74, 6) is -0.977. The van der Waals surface area contributed by atoms with Crippen LogP contribution in [0.3, 0.4) is 0 Å². The van der Waals surface area contributed by atoms with E-state index >= 15 is 0 Å². The molecule has 0 saturated carbocycles. The number of alkyl halides is 2. The molecule has 4 nitrogen and oxygen atoms in total. The molecule has 16 heavy (non-hydrogen) atoms. The van der Waals surface area contributed by atoms with Crippen LogP contribution in [0.2, 0.25) is 0 Å². The molecule has 0 aliphatic heterocycles. The summed E-state index contributed by atoms with van der Waals surface area (Å²) in [5.41, 5.74) is 0. The third-order valence-electron chi connectivity index (χ3n) is 1.41. The SMILES string of the molecule is CC(C)OC(=O)C(Br)C(Br)C(=O)OC(C)C. The molecule has 0 spiro atoms. The number of ether oxygens (including phenoxy) is 2. The van der Waals surface area contributed by atoms with Gasteiger partial charge >= 0.3 is 11.9 Å². The monoisotopic (exact) mass is 358 g/mol. The smallest absolute Gasteiger partial charge is 0.321 e. The molecule has 0 bridgehead atoms. The van der Waals surface area contributed by atoms with Crippen molar-refractivity contribution >= 4 is 43.8 Å². The van der Waals surface area contributed by atoms with Crippen molar-refractivity contribution in [1.82, 2.24) is 0 Å². The van der Waals surface area contributed by atoms with Crippen molar-refractivity contribution in [3.8, 4) is 0 Å². The second-order valence-corrected chi connectivity index (χ2v) is 5.75. The van der Waals surface area contributed by atoms with Crippen LogP contribution in [0.1, 0.15) is 27.7 Å². The largest absolute Gasteiger partial charge is 0.462 e. The van der Waals surface area contributed by atoms with Crippen LogP contribution in [-0.4, -0.2) is 33.8 Å². The van der Waals surface area contributed by atoms with E-state index < -0.39 is 21.6 Å². The Balaban J connectivity index is 4.31. The van der Waals surface area contributed by atoms with E-state index in [2.05, 4.69) is 31.9 Å². The fraction of sp³-hybridized carbons (Fsp3) is 0.800. The lowest BCUT2D eigenvalue weighted by atomic mass is 10.3. The molecule has 2 unspecified atom stereocenters. The Hall–Kier alpha value is -0.100. The van der Waals surface area contributed by atoms with E-state index in [4.69, 9.17) is 9.47 Å². The van der Waals surface area contributed by atoms with Gasteiger partial charge in [0.15, 0.2) is 0 Å². The highest BCUT2D eigenvalue weighted by Gasteiger charge is 2.32. The Bertz CT molecular complexity index is 227. The van der Waals surface area contributed by atoms with E-state index in [-0.39, 0.29) is 12.2 Å². The second kappa shape index (κ2) is 7.27. The van der Waals surface area contributed by atoms with Crippen LogP contribution < -0.4 is 0 Å². The second-order valence-electron chi connectivity index (χ2n) is 3.77. The summed E-state index contributed by atoms with van der Waals surface area (Å²) in [6.45, 7) is 6.97. The van der Waals surface area contributed by atoms with Gasteiger partial charge in [-0.2, -0.15) is 0 Å². The van der Waals surface area contributed by atoms with Crippen molar-refractivity contribution in [3.63, 3.8) is 0 Å². The van der Waals surface area contributed by atoms with Crippen molar-refractivity contribution in [2.45, 2.75) is 49.6 Å². The lowest BCUT2D eigenvalue weighted by molar-refractivity contribution is -0.152. The molecule has 0 saturated heterocycles. The first-order chi connectivity index (χ1) is 7.25. The van der Waals surface area contributed by atoms with Gasteiger partial charge in [0.2, 0.25) is 0 Å². The first-order valence-electron chi connectivity index (χ1n) is 4.94. The van der Waals surface area contributed by atoms with Crippen molar-refractivity contribution in [2.24, 2.45) is 0 Å². The summed E-state index contributed by atoms with van der Waals surface area (Å²) in [7, 11) is 0. The maximum Gasteiger partial charge on any atom is 0.321 e. The summed E-state index contributed by atoms with van der Waals surface area (Å²) in [4.78, 5) is 21.5. The number of hydrogen-bond donors (Lipinski definition) is 0. The van der Waals surface area contributed by atoms with E-state index in [1.165, 1.54) is 0 Å². The van der Waals surface area contributed by atoms with Gasteiger partial charge in [-0.05, 0) is 27.7 Å². The average Bonchev–Trinajstić information content (AvgIpc) is 2.13. The van der Waals surface area contributed by atoms with Gasteiger partial charge < -0.3 is 9.47 Å². The number of rotatable bonds is 5. The summed E-state index contributed by atoms with van der Waals surface area (Å²) in [5, 5.41) is 0. The van der Waals surface area contributed by atoms with Gasteiger partial charge in [0.25, 0.3) is 0 Å². The van der Waals surface area contributed by atoms with Gasteiger partial charge in [-0.3, -0.25) is 9.59 Å². The topological polar surface area (TPSA) is 52.6 Å². The highest BCUT2D eigenvalue weighted by molar-refractivity contribution is 9.12. The molecule has 0 rings (SSSR count). The molecule has 0 aliphatic carbocycles. The zero-order valence-corrected chi connectivity index (χ0v) is 12.9. The van der Waals surface area contributed by atoms with E-state index in [9.17, 15) is 9.59 Å². The Kier molecular flexibility index (Phi) is 7.22. The van der Waals surface area contributed by atoms with Crippen LogP contribution in [0, 0.1) is 0 Å². The first-order valence-corrected chi connectivity index (χ1v) is 6.78. The Morgan fingerprint density at radius 1 is 0.812 bits per heavy atom. The molecule has 6 heteroatoms. The van der Waals surface area contributed by atoms with Gasteiger partial charge in [0, 0.05) is 0 Å². The Morgan fingerprint density at radius 3 is 1.25 bits per heavy atom. The molecule has 0 amide bonds. The molecule has 0 N–H and O–H groups in total. The van der Waals surface area contributed by atoms with Crippen molar-refractivity contribution in [2.75, 3.05) is 0 Å². The zero-order valence-electron chi connectivity index (χ0n) is 9.70. The van der Waals surface area contributed by atoms with E-state index in [0.29, 0.717) is 0 Å². The number of hydrogen-bond acceptors (Lipinski definition) is 4. The van der Waals surface area contributed by atoms with Crippen molar-refractivity contribution in [1.29, 1.82) is 0 Å². The average molecular weight is 360 g/mol. The predicted octanol–water partition coefficient (Wildman–Crippen LogP) is 2.42. The lowest BCUT2D eigenvalue weighted by Crippen LogP contribution is -2.35. The minimum absolute atomic E-state index is 0.214. The van der Waals surface area contributed by atoms with Gasteiger partial charge in [-0.15, -0.1) is 0 Å².